The first kappa shape index (κ1) is 20.7. The van der Waals surface area contributed by atoms with E-state index in [1.54, 1.807) is 7.05 Å². The molecule has 1 aromatic rings. The Hall–Kier alpha value is -1.59. The second-order valence-corrected chi connectivity index (χ2v) is 7.63. The van der Waals surface area contributed by atoms with Crippen LogP contribution in [0.2, 0.25) is 0 Å². The molecule has 1 atom stereocenters. The molecule has 0 aromatic heterocycles. The van der Waals surface area contributed by atoms with Crippen molar-refractivity contribution in [3.8, 4) is 0 Å². The summed E-state index contributed by atoms with van der Waals surface area (Å²) < 4.78 is 5.54. The molecule has 1 heterocycles. The van der Waals surface area contributed by atoms with Crippen LogP contribution < -0.4 is 10.6 Å². The van der Waals surface area contributed by atoms with Crippen molar-refractivity contribution in [3.05, 3.63) is 35.4 Å². The van der Waals surface area contributed by atoms with Crippen LogP contribution in [0.25, 0.3) is 0 Å². The van der Waals surface area contributed by atoms with Crippen LogP contribution in [-0.2, 0) is 11.2 Å². The molecule has 0 spiro atoms. The predicted octanol–water partition coefficient (Wildman–Crippen LogP) is 2.70. The van der Waals surface area contributed by atoms with Crippen LogP contribution in [-0.4, -0.2) is 51.0 Å². The van der Waals surface area contributed by atoms with Gasteiger partial charge in [-0.05, 0) is 42.7 Å². The van der Waals surface area contributed by atoms with Crippen molar-refractivity contribution in [2.45, 2.75) is 45.4 Å². The van der Waals surface area contributed by atoms with Crippen molar-refractivity contribution < 1.29 is 9.84 Å². The van der Waals surface area contributed by atoms with E-state index < -0.39 is 0 Å². The van der Waals surface area contributed by atoms with Crippen molar-refractivity contribution in [3.63, 3.8) is 0 Å². The van der Waals surface area contributed by atoms with Crippen LogP contribution in [0.15, 0.2) is 29.3 Å². The Labute approximate surface area is 158 Å². The van der Waals surface area contributed by atoms with Gasteiger partial charge in [-0.3, -0.25) is 4.99 Å². The fraction of sp³-hybridized carbons (Fsp3) is 0.667. The summed E-state index contributed by atoms with van der Waals surface area (Å²) in [7, 11) is 1.80. The Morgan fingerprint density at radius 2 is 2.04 bits per heavy atom. The normalized spacial score (nSPS) is 20.6. The van der Waals surface area contributed by atoms with Gasteiger partial charge < -0.3 is 20.5 Å². The molecule has 0 amide bonds. The molecule has 146 valence electrons. The first-order valence-corrected chi connectivity index (χ1v) is 9.80. The van der Waals surface area contributed by atoms with Crippen LogP contribution in [0.3, 0.4) is 0 Å². The van der Waals surface area contributed by atoms with Gasteiger partial charge in [-0.25, -0.2) is 0 Å². The zero-order valence-electron chi connectivity index (χ0n) is 16.6. The number of hydrogen-bond donors (Lipinski definition) is 3. The summed E-state index contributed by atoms with van der Waals surface area (Å²) in [5, 5.41) is 16.1. The minimum absolute atomic E-state index is 0.0323. The molecular formula is C21H35N3O2. The number of aliphatic imine (C=N–C) groups is 1. The lowest BCUT2D eigenvalue weighted by Gasteiger charge is -2.27. The van der Waals surface area contributed by atoms with Crippen LogP contribution in [0, 0.1) is 5.41 Å². The number of nitrogens with one attached hydrogen (secondary N) is 2. The highest BCUT2D eigenvalue weighted by Gasteiger charge is 2.34. The minimum Gasteiger partial charge on any atom is -0.396 e. The molecule has 1 fully saturated rings. The zero-order valence-corrected chi connectivity index (χ0v) is 16.6. The zero-order chi connectivity index (χ0) is 18.8. The third-order valence-corrected chi connectivity index (χ3v) is 5.26. The van der Waals surface area contributed by atoms with Gasteiger partial charge in [0.25, 0.3) is 0 Å². The minimum atomic E-state index is 0.0323. The van der Waals surface area contributed by atoms with Gasteiger partial charge in [0, 0.05) is 38.8 Å². The van der Waals surface area contributed by atoms with Crippen LogP contribution in [0.1, 0.15) is 50.2 Å². The Kier molecular flexibility index (Phi) is 8.39. The molecule has 0 radical (unpaired) electrons. The van der Waals surface area contributed by atoms with Gasteiger partial charge in [0.05, 0.1) is 6.61 Å². The topological polar surface area (TPSA) is 65.9 Å². The fourth-order valence-electron chi connectivity index (χ4n) is 3.37. The molecule has 5 heteroatoms. The summed E-state index contributed by atoms with van der Waals surface area (Å²) in [6.07, 6.45) is 3.88. The van der Waals surface area contributed by atoms with E-state index in [4.69, 9.17) is 4.74 Å². The standard InChI is InChI=1S/C21H35N3O2/c1-17(2)19-8-6-18(7-9-19)5-4-12-23-20(22-3)24-15-21(10-13-25)11-14-26-16-21/h6-9,17,25H,4-5,10-16H2,1-3H3,(H2,22,23,24). The molecule has 0 saturated carbocycles. The van der Waals surface area contributed by atoms with E-state index in [9.17, 15) is 5.11 Å². The molecule has 1 saturated heterocycles. The maximum atomic E-state index is 9.31. The lowest BCUT2D eigenvalue weighted by molar-refractivity contribution is 0.127. The Bertz CT molecular complexity index is 549. The van der Waals surface area contributed by atoms with E-state index in [1.807, 2.05) is 0 Å². The SMILES string of the molecule is CN=C(NCCCc1ccc(C(C)C)cc1)NCC1(CCO)CCOC1. The molecule has 1 aromatic carbocycles. The number of ether oxygens (including phenoxy) is 1. The second-order valence-electron chi connectivity index (χ2n) is 7.63. The average molecular weight is 362 g/mol. The lowest BCUT2D eigenvalue weighted by Crippen LogP contribution is -2.44. The van der Waals surface area contributed by atoms with Gasteiger partial charge in [-0.15, -0.1) is 0 Å². The second kappa shape index (κ2) is 10.5. The summed E-state index contributed by atoms with van der Waals surface area (Å²) in [6.45, 7) is 7.80. The highest BCUT2D eigenvalue weighted by Crippen LogP contribution is 2.31. The number of benzene rings is 1. The molecule has 2 rings (SSSR count). The number of aliphatic hydroxyl groups is 1. The van der Waals surface area contributed by atoms with Crippen LogP contribution >= 0.6 is 0 Å². The van der Waals surface area contributed by atoms with Crippen molar-refractivity contribution in [1.29, 1.82) is 0 Å². The number of hydrogen-bond acceptors (Lipinski definition) is 3. The number of aryl methyl sites for hydroxylation is 1. The maximum absolute atomic E-state index is 9.31. The van der Waals surface area contributed by atoms with Gasteiger partial charge in [0.1, 0.15) is 0 Å². The molecular weight excluding hydrogens is 326 g/mol. The van der Waals surface area contributed by atoms with Crippen LogP contribution in [0.5, 0.6) is 0 Å². The average Bonchev–Trinajstić information content (AvgIpc) is 3.10. The summed E-state index contributed by atoms with van der Waals surface area (Å²) in [5.41, 5.74) is 2.80. The molecule has 5 nitrogen and oxygen atoms in total. The van der Waals surface area contributed by atoms with E-state index in [2.05, 4.69) is 53.7 Å². The van der Waals surface area contributed by atoms with Gasteiger partial charge in [0.2, 0.25) is 0 Å². The highest BCUT2D eigenvalue weighted by molar-refractivity contribution is 5.79. The van der Waals surface area contributed by atoms with Gasteiger partial charge >= 0.3 is 0 Å². The van der Waals surface area contributed by atoms with E-state index in [0.717, 1.165) is 51.3 Å². The molecule has 1 aliphatic heterocycles. The van der Waals surface area contributed by atoms with E-state index in [0.29, 0.717) is 12.5 Å². The number of aliphatic hydroxyl groups excluding tert-OH is 1. The third-order valence-electron chi connectivity index (χ3n) is 5.26. The van der Waals surface area contributed by atoms with Crippen molar-refractivity contribution in [2.24, 2.45) is 10.4 Å². The van der Waals surface area contributed by atoms with Gasteiger partial charge in [-0.2, -0.15) is 0 Å². The van der Waals surface area contributed by atoms with Crippen molar-refractivity contribution in [1.82, 2.24) is 10.6 Å². The summed E-state index contributed by atoms with van der Waals surface area (Å²) in [4.78, 5) is 4.31. The van der Waals surface area contributed by atoms with E-state index >= 15 is 0 Å². The smallest absolute Gasteiger partial charge is 0.190 e. The number of nitrogens with zero attached hydrogens (tertiary/aromatic N) is 1. The van der Waals surface area contributed by atoms with E-state index in [-0.39, 0.29) is 12.0 Å². The molecule has 0 aliphatic carbocycles. The monoisotopic (exact) mass is 361 g/mol. The molecule has 26 heavy (non-hydrogen) atoms. The molecule has 1 unspecified atom stereocenters. The first-order valence-electron chi connectivity index (χ1n) is 9.80. The summed E-state index contributed by atoms with van der Waals surface area (Å²) >= 11 is 0. The quantitative estimate of drug-likeness (QED) is 0.359. The third kappa shape index (κ3) is 6.29. The maximum Gasteiger partial charge on any atom is 0.190 e. The Morgan fingerprint density at radius 1 is 1.27 bits per heavy atom. The molecule has 0 bridgehead atoms. The molecule has 3 N–H and O–H groups in total. The number of guanidine groups is 1. The molecule has 1 aliphatic rings. The lowest BCUT2D eigenvalue weighted by atomic mass is 9.84. The predicted molar refractivity (Wildman–Crippen MR) is 108 cm³/mol. The van der Waals surface area contributed by atoms with Gasteiger partial charge in [-0.1, -0.05) is 38.1 Å². The fourth-order valence-corrected chi connectivity index (χ4v) is 3.37. The largest absolute Gasteiger partial charge is 0.396 e. The summed E-state index contributed by atoms with van der Waals surface area (Å²) in [5.74, 6) is 1.41. The van der Waals surface area contributed by atoms with E-state index in [1.165, 1.54) is 11.1 Å². The number of rotatable bonds is 9. The van der Waals surface area contributed by atoms with Crippen LogP contribution in [0.4, 0.5) is 0 Å². The van der Waals surface area contributed by atoms with Crippen molar-refractivity contribution >= 4 is 5.96 Å². The highest BCUT2D eigenvalue weighted by atomic mass is 16.5. The Morgan fingerprint density at radius 3 is 2.62 bits per heavy atom. The summed E-state index contributed by atoms with van der Waals surface area (Å²) in [6, 6.07) is 8.94. The Balaban J connectivity index is 1.70. The van der Waals surface area contributed by atoms with Crippen molar-refractivity contribution in [2.75, 3.05) is 40.0 Å². The van der Waals surface area contributed by atoms with Gasteiger partial charge in [0.15, 0.2) is 5.96 Å². The first-order chi connectivity index (χ1) is 12.6.